The fraction of sp³-hybridized carbons (Fsp3) is 0.538. The van der Waals surface area contributed by atoms with Crippen LogP contribution in [0.5, 0.6) is 5.75 Å². The van der Waals surface area contributed by atoms with Gasteiger partial charge < -0.3 is 10.5 Å². The molecule has 0 atom stereocenters. The van der Waals surface area contributed by atoms with Crippen LogP contribution in [0.15, 0.2) is 18.2 Å². The molecule has 0 spiro atoms. The van der Waals surface area contributed by atoms with Gasteiger partial charge in [-0.3, -0.25) is 4.90 Å². The van der Waals surface area contributed by atoms with Gasteiger partial charge in [-0.25, -0.2) is 0 Å². The van der Waals surface area contributed by atoms with E-state index in [0.29, 0.717) is 0 Å². The lowest BCUT2D eigenvalue weighted by Crippen LogP contribution is -2.33. The number of nitrogens with zero attached hydrogens (tertiary/aromatic N) is 1. The molecule has 0 aromatic heterocycles. The van der Waals surface area contributed by atoms with Crippen LogP contribution in [0.4, 0.5) is 5.69 Å². The van der Waals surface area contributed by atoms with E-state index in [0.717, 1.165) is 28.2 Å². The number of halogens is 1. The highest BCUT2D eigenvalue weighted by molar-refractivity contribution is 14.1. The van der Waals surface area contributed by atoms with Crippen LogP contribution < -0.4 is 10.5 Å². The molecule has 2 rings (SSSR count). The first-order valence-corrected chi connectivity index (χ1v) is 7.24. The zero-order chi connectivity index (χ0) is 12.1. The van der Waals surface area contributed by atoms with Gasteiger partial charge in [0.2, 0.25) is 0 Å². The van der Waals surface area contributed by atoms with Gasteiger partial charge in [-0.05, 0) is 66.7 Å². The number of anilines is 1. The average molecular weight is 346 g/mol. The third-order valence-electron chi connectivity index (χ3n) is 3.07. The average Bonchev–Trinajstić information content (AvgIpc) is 2.33. The van der Waals surface area contributed by atoms with Gasteiger partial charge in [0.25, 0.3) is 0 Å². The van der Waals surface area contributed by atoms with E-state index in [1.54, 1.807) is 0 Å². The van der Waals surface area contributed by atoms with E-state index < -0.39 is 0 Å². The molecule has 1 aromatic rings. The lowest BCUT2D eigenvalue weighted by atomic mass is 10.1. The number of rotatable bonds is 4. The van der Waals surface area contributed by atoms with E-state index in [9.17, 15) is 0 Å². The van der Waals surface area contributed by atoms with Crippen LogP contribution >= 0.6 is 22.6 Å². The molecule has 0 radical (unpaired) electrons. The second kappa shape index (κ2) is 6.44. The Kier molecular flexibility index (Phi) is 4.91. The Hall–Kier alpha value is -0.490. The molecule has 0 bridgehead atoms. The minimum Gasteiger partial charge on any atom is -0.491 e. The van der Waals surface area contributed by atoms with Crippen LogP contribution in [-0.4, -0.2) is 31.1 Å². The van der Waals surface area contributed by atoms with Gasteiger partial charge >= 0.3 is 0 Å². The van der Waals surface area contributed by atoms with Crippen LogP contribution in [0, 0.1) is 3.57 Å². The summed E-state index contributed by atoms with van der Waals surface area (Å²) in [6, 6.07) is 5.78. The fourth-order valence-corrected chi connectivity index (χ4v) is 2.80. The quantitative estimate of drug-likeness (QED) is 0.673. The van der Waals surface area contributed by atoms with Crippen LogP contribution in [0.1, 0.15) is 19.3 Å². The first-order chi connectivity index (χ1) is 8.25. The molecular formula is C13H19IN2O. The fourth-order valence-electron chi connectivity index (χ4n) is 2.10. The lowest BCUT2D eigenvalue weighted by Gasteiger charge is -2.26. The van der Waals surface area contributed by atoms with Gasteiger partial charge in [-0.2, -0.15) is 0 Å². The van der Waals surface area contributed by atoms with Crippen LogP contribution in [0.3, 0.4) is 0 Å². The van der Waals surface area contributed by atoms with Crippen molar-refractivity contribution in [1.29, 1.82) is 0 Å². The minimum atomic E-state index is 0.764. The zero-order valence-electron chi connectivity index (χ0n) is 9.99. The molecule has 1 aliphatic rings. The Morgan fingerprint density at radius 3 is 2.71 bits per heavy atom. The minimum absolute atomic E-state index is 0.764. The van der Waals surface area contributed by atoms with Gasteiger partial charge in [-0.1, -0.05) is 6.42 Å². The van der Waals surface area contributed by atoms with E-state index in [1.807, 2.05) is 18.2 Å². The number of hydrogen-bond acceptors (Lipinski definition) is 3. The monoisotopic (exact) mass is 346 g/mol. The predicted octanol–water partition coefficient (Wildman–Crippen LogP) is 2.74. The van der Waals surface area contributed by atoms with Gasteiger partial charge in [0.1, 0.15) is 12.4 Å². The van der Waals surface area contributed by atoms with Crippen molar-refractivity contribution in [2.75, 3.05) is 32.0 Å². The molecule has 1 aromatic carbocycles. The van der Waals surface area contributed by atoms with E-state index >= 15 is 0 Å². The SMILES string of the molecule is Nc1ccc(OCCN2CCCCC2)c(I)c1. The summed E-state index contributed by atoms with van der Waals surface area (Å²) in [6.07, 6.45) is 4.05. The molecule has 0 saturated carbocycles. The van der Waals surface area contributed by atoms with Crippen molar-refractivity contribution < 1.29 is 4.74 Å². The zero-order valence-corrected chi connectivity index (χ0v) is 12.2. The highest BCUT2D eigenvalue weighted by atomic mass is 127. The first kappa shape index (κ1) is 13.0. The molecule has 94 valence electrons. The molecule has 0 aliphatic carbocycles. The molecule has 1 aliphatic heterocycles. The predicted molar refractivity (Wildman–Crippen MR) is 79.4 cm³/mol. The second-order valence-electron chi connectivity index (χ2n) is 4.44. The maximum atomic E-state index is 5.79. The smallest absolute Gasteiger partial charge is 0.132 e. The third kappa shape index (κ3) is 4.03. The number of likely N-dealkylation sites (tertiary alicyclic amines) is 1. The third-order valence-corrected chi connectivity index (χ3v) is 3.91. The molecule has 1 heterocycles. The van der Waals surface area contributed by atoms with Crippen molar-refractivity contribution in [2.45, 2.75) is 19.3 Å². The molecule has 3 nitrogen and oxygen atoms in total. The molecule has 2 N–H and O–H groups in total. The van der Waals surface area contributed by atoms with Crippen LogP contribution in [-0.2, 0) is 0 Å². The summed E-state index contributed by atoms with van der Waals surface area (Å²) in [5, 5.41) is 0. The van der Waals surface area contributed by atoms with Crippen molar-refractivity contribution in [2.24, 2.45) is 0 Å². The maximum absolute atomic E-state index is 5.79. The molecular weight excluding hydrogens is 327 g/mol. The topological polar surface area (TPSA) is 38.5 Å². The van der Waals surface area contributed by atoms with Gasteiger partial charge in [-0.15, -0.1) is 0 Å². The summed E-state index contributed by atoms with van der Waals surface area (Å²) in [5.74, 6) is 0.941. The summed E-state index contributed by atoms with van der Waals surface area (Å²) >= 11 is 2.26. The summed E-state index contributed by atoms with van der Waals surface area (Å²) < 4.78 is 6.87. The standard InChI is InChI=1S/C13H19IN2O/c14-12-10-11(15)4-5-13(12)17-9-8-16-6-2-1-3-7-16/h4-5,10H,1-3,6-9,15H2. The number of nitrogen functional groups attached to an aromatic ring is 1. The molecule has 4 heteroatoms. The number of ether oxygens (including phenoxy) is 1. The van der Waals surface area contributed by atoms with Crippen molar-refractivity contribution in [3.05, 3.63) is 21.8 Å². The number of piperidine rings is 1. The lowest BCUT2D eigenvalue weighted by molar-refractivity contribution is 0.183. The van der Waals surface area contributed by atoms with Crippen molar-refractivity contribution in [3.63, 3.8) is 0 Å². The molecule has 1 saturated heterocycles. The summed E-state index contributed by atoms with van der Waals surface area (Å²) in [6.45, 7) is 4.24. The van der Waals surface area contributed by atoms with Crippen LogP contribution in [0.2, 0.25) is 0 Å². The number of hydrogen-bond donors (Lipinski definition) is 1. The Labute approximate surface area is 116 Å². The molecule has 0 unspecified atom stereocenters. The Morgan fingerprint density at radius 2 is 2.00 bits per heavy atom. The van der Waals surface area contributed by atoms with Crippen molar-refractivity contribution in [3.8, 4) is 5.75 Å². The molecule has 17 heavy (non-hydrogen) atoms. The Bertz CT molecular complexity index is 364. The number of benzene rings is 1. The van der Waals surface area contributed by atoms with Gasteiger partial charge in [0.05, 0.1) is 3.57 Å². The highest BCUT2D eigenvalue weighted by Gasteiger charge is 2.09. The second-order valence-corrected chi connectivity index (χ2v) is 5.60. The first-order valence-electron chi connectivity index (χ1n) is 6.16. The maximum Gasteiger partial charge on any atom is 0.132 e. The molecule has 1 fully saturated rings. The van der Waals surface area contributed by atoms with E-state index in [2.05, 4.69) is 27.5 Å². The van der Waals surface area contributed by atoms with E-state index in [1.165, 1.54) is 32.4 Å². The van der Waals surface area contributed by atoms with Gasteiger partial charge in [0, 0.05) is 12.2 Å². The van der Waals surface area contributed by atoms with E-state index in [-0.39, 0.29) is 0 Å². The van der Waals surface area contributed by atoms with Crippen molar-refractivity contribution in [1.82, 2.24) is 4.90 Å². The summed E-state index contributed by atoms with van der Waals surface area (Å²) in [5.41, 5.74) is 6.49. The normalized spacial score (nSPS) is 17.0. The largest absolute Gasteiger partial charge is 0.491 e. The highest BCUT2D eigenvalue weighted by Crippen LogP contribution is 2.23. The summed E-state index contributed by atoms with van der Waals surface area (Å²) in [7, 11) is 0. The van der Waals surface area contributed by atoms with Crippen LogP contribution in [0.25, 0.3) is 0 Å². The Balaban J connectivity index is 1.77. The molecule has 0 amide bonds. The number of nitrogens with two attached hydrogens (primary N) is 1. The van der Waals surface area contributed by atoms with Gasteiger partial charge in [0.15, 0.2) is 0 Å². The van der Waals surface area contributed by atoms with E-state index in [4.69, 9.17) is 10.5 Å². The van der Waals surface area contributed by atoms with Crippen molar-refractivity contribution >= 4 is 28.3 Å². The Morgan fingerprint density at radius 1 is 1.24 bits per heavy atom. The summed E-state index contributed by atoms with van der Waals surface area (Å²) in [4.78, 5) is 2.48.